The third-order valence-corrected chi connectivity index (χ3v) is 2.65. The molecular formula is C15H18ClN3O. The second-order valence-corrected chi connectivity index (χ2v) is 4.19. The summed E-state index contributed by atoms with van der Waals surface area (Å²) in [7, 11) is 0. The van der Waals surface area contributed by atoms with Crippen molar-refractivity contribution >= 4 is 18.4 Å². The van der Waals surface area contributed by atoms with Gasteiger partial charge >= 0.3 is 0 Å². The van der Waals surface area contributed by atoms with E-state index >= 15 is 0 Å². The number of hydrogen-bond acceptors (Lipinski definition) is 2. The number of rotatable bonds is 5. The second-order valence-electron chi connectivity index (χ2n) is 4.19. The molecular weight excluding hydrogens is 274 g/mol. The first-order valence-corrected chi connectivity index (χ1v) is 6.07. The topological polar surface area (TPSA) is 71.1 Å². The fourth-order valence-corrected chi connectivity index (χ4v) is 1.64. The van der Waals surface area contributed by atoms with Gasteiger partial charge in [0, 0.05) is 6.54 Å². The summed E-state index contributed by atoms with van der Waals surface area (Å²) in [6.07, 6.45) is 0. The Morgan fingerprint density at radius 1 is 1.00 bits per heavy atom. The molecule has 2 aromatic carbocycles. The highest BCUT2D eigenvalue weighted by atomic mass is 35.5. The molecule has 0 amide bonds. The van der Waals surface area contributed by atoms with Gasteiger partial charge < -0.3 is 15.8 Å². The zero-order valence-electron chi connectivity index (χ0n) is 11.0. The van der Waals surface area contributed by atoms with Crippen LogP contribution in [-0.2, 0) is 13.2 Å². The van der Waals surface area contributed by atoms with Crippen LogP contribution in [0.5, 0.6) is 5.75 Å². The van der Waals surface area contributed by atoms with Gasteiger partial charge in [0.15, 0.2) is 5.96 Å². The molecule has 106 valence electrons. The smallest absolute Gasteiger partial charge is 0.185 e. The number of ether oxygens (including phenoxy) is 1. The maximum atomic E-state index is 7.09. The van der Waals surface area contributed by atoms with E-state index in [9.17, 15) is 0 Å². The van der Waals surface area contributed by atoms with Crippen LogP contribution in [0.15, 0.2) is 54.6 Å². The summed E-state index contributed by atoms with van der Waals surface area (Å²) in [5.41, 5.74) is 7.43. The number of benzene rings is 2. The van der Waals surface area contributed by atoms with Gasteiger partial charge in [-0.2, -0.15) is 0 Å². The van der Waals surface area contributed by atoms with Crippen molar-refractivity contribution in [3.63, 3.8) is 0 Å². The predicted octanol–water partition coefficient (Wildman–Crippen LogP) is 2.67. The lowest BCUT2D eigenvalue weighted by atomic mass is 10.2. The molecule has 4 nitrogen and oxygen atoms in total. The molecule has 0 saturated heterocycles. The van der Waals surface area contributed by atoms with Gasteiger partial charge in [0.2, 0.25) is 0 Å². The molecule has 0 aliphatic heterocycles. The van der Waals surface area contributed by atoms with Gasteiger partial charge in [-0.3, -0.25) is 5.41 Å². The van der Waals surface area contributed by atoms with Crippen molar-refractivity contribution in [1.29, 1.82) is 5.41 Å². The van der Waals surface area contributed by atoms with Crippen LogP contribution in [0.3, 0.4) is 0 Å². The van der Waals surface area contributed by atoms with E-state index in [1.165, 1.54) is 0 Å². The van der Waals surface area contributed by atoms with Crippen LogP contribution in [0, 0.1) is 5.41 Å². The molecule has 0 heterocycles. The molecule has 0 aromatic heterocycles. The van der Waals surface area contributed by atoms with Gasteiger partial charge in [-0.05, 0) is 23.3 Å². The van der Waals surface area contributed by atoms with Crippen molar-refractivity contribution < 1.29 is 4.74 Å². The first-order chi connectivity index (χ1) is 9.24. The summed E-state index contributed by atoms with van der Waals surface area (Å²) in [6, 6.07) is 17.8. The summed E-state index contributed by atoms with van der Waals surface area (Å²) in [5, 5.41) is 9.85. The number of guanidine groups is 1. The highest BCUT2D eigenvalue weighted by Gasteiger charge is 1.97. The van der Waals surface area contributed by atoms with Crippen molar-refractivity contribution in [3.05, 3.63) is 65.7 Å². The van der Waals surface area contributed by atoms with E-state index in [-0.39, 0.29) is 18.4 Å². The van der Waals surface area contributed by atoms with E-state index in [1.807, 2.05) is 54.6 Å². The van der Waals surface area contributed by atoms with E-state index in [0.29, 0.717) is 13.2 Å². The van der Waals surface area contributed by atoms with Gasteiger partial charge in [0.1, 0.15) is 12.4 Å². The van der Waals surface area contributed by atoms with Crippen LogP contribution >= 0.6 is 12.4 Å². The summed E-state index contributed by atoms with van der Waals surface area (Å²) in [6.45, 7) is 1.11. The molecule has 0 radical (unpaired) electrons. The Hall–Kier alpha value is -2.20. The molecule has 0 bridgehead atoms. The van der Waals surface area contributed by atoms with Crippen molar-refractivity contribution in [1.82, 2.24) is 5.32 Å². The quantitative estimate of drug-likeness (QED) is 0.586. The third-order valence-electron chi connectivity index (χ3n) is 2.65. The van der Waals surface area contributed by atoms with E-state index in [4.69, 9.17) is 15.9 Å². The molecule has 0 atom stereocenters. The minimum absolute atomic E-state index is 0. The van der Waals surface area contributed by atoms with E-state index in [1.54, 1.807) is 0 Å². The fourth-order valence-electron chi connectivity index (χ4n) is 1.64. The Kier molecular flexibility index (Phi) is 6.40. The van der Waals surface area contributed by atoms with Crippen LogP contribution in [0.2, 0.25) is 0 Å². The number of halogens is 1. The first kappa shape index (κ1) is 15.9. The Morgan fingerprint density at radius 3 is 2.25 bits per heavy atom. The molecule has 20 heavy (non-hydrogen) atoms. The number of nitrogens with one attached hydrogen (secondary N) is 2. The Labute approximate surface area is 124 Å². The number of hydrogen-bond donors (Lipinski definition) is 3. The van der Waals surface area contributed by atoms with Crippen LogP contribution < -0.4 is 15.8 Å². The molecule has 0 aliphatic rings. The molecule has 0 fully saturated rings. The first-order valence-electron chi connectivity index (χ1n) is 6.07. The van der Waals surface area contributed by atoms with Gasteiger partial charge in [0.25, 0.3) is 0 Å². The van der Waals surface area contributed by atoms with Crippen molar-refractivity contribution in [2.75, 3.05) is 0 Å². The van der Waals surface area contributed by atoms with Gasteiger partial charge in [0.05, 0.1) is 0 Å². The van der Waals surface area contributed by atoms with Crippen LogP contribution in [0.1, 0.15) is 11.1 Å². The highest BCUT2D eigenvalue weighted by Crippen LogP contribution is 2.14. The summed E-state index contributed by atoms with van der Waals surface area (Å²) < 4.78 is 5.69. The summed E-state index contributed by atoms with van der Waals surface area (Å²) >= 11 is 0. The van der Waals surface area contributed by atoms with E-state index in [2.05, 4.69) is 5.32 Å². The normalized spacial score (nSPS) is 9.40. The molecule has 4 N–H and O–H groups in total. The Bertz CT molecular complexity index is 529. The lowest BCUT2D eigenvalue weighted by molar-refractivity contribution is 0.306. The van der Waals surface area contributed by atoms with Crippen molar-refractivity contribution in [3.8, 4) is 5.75 Å². The van der Waals surface area contributed by atoms with E-state index in [0.717, 1.165) is 16.9 Å². The SMILES string of the molecule is Cl.N=C(N)NCc1ccc(OCc2ccccc2)cc1. The maximum absolute atomic E-state index is 7.09. The molecule has 2 rings (SSSR count). The van der Waals surface area contributed by atoms with Crippen LogP contribution in [0.4, 0.5) is 0 Å². The van der Waals surface area contributed by atoms with Gasteiger partial charge in [-0.15, -0.1) is 12.4 Å². The van der Waals surface area contributed by atoms with Crippen molar-refractivity contribution in [2.45, 2.75) is 13.2 Å². The standard InChI is InChI=1S/C15H17N3O.ClH/c16-15(17)18-10-12-6-8-14(9-7-12)19-11-13-4-2-1-3-5-13;/h1-9H,10-11H2,(H4,16,17,18);1H. The second kappa shape index (κ2) is 8.07. The summed E-state index contributed by atoms with van der Waals surface area (Å²) in [5.74, 6) is 0.805. The largest absolute Gasteiger partial charge is 0.489 e. The third kappa shape index (κ3) is 5.20. The monoisotopic (exact) mass is 291 g/mol. The lowest BCUT2D eigenvalue weighted by Crippen LogP contribution is -2.29. The molecule has 0 aliphatic carbocycles. The molecule has 0 saturated carbocycles. The fraction of sp³-hybridized carbons (Fsp3) is 0.133. The molecule has 5 heteroatoms. The molecule has 0 spiro atoms. The Balaban J connectivity index is 0.00000200. The van der Waals surface area contributed by atoms with Crippen molar-refractivity contribution in [2.24, 2.45) is 5.73 Å². The van der Waals surface area contributed by atoms with Crippen LogP contribution in [-0.4, -0.2) is 5.96 Å². The lowest BCUT2D eigenvalue weighted by Gasteiger charge is -2.08. The predicted molar refractivity (Wildman–Crippen MR) is 83.2 cm³/mol. The average Bonchev–Trinajstić information content (AvgIpc) is 2.45. The minimum atomic E-state index is -0.0237. The summed E-state index contributed by atoms with van der Waals surface area (Å²) in [4.78, 5) is 0. The zero-order chi connectivity index (χ0) is 13.5. The molecule has 2 aromatic rings. The molecule has 0 unspecified atom stereocenters. The number of nitrogens with two attached hydrogens (primary N) is 1. The minimum Gasteiger partial charge on any atom is -0.489 e. The Morgan fingerprint density at radius 2 is 1.65 bits per heavy atom. The van der Waals surface area contributed by atoms with E-state index < -0.39 is 0 Å². The maximum Gasteiger partial charge on any atom is 0.185 e. The van der Waals surface area contributed by atoms with Gasteiger partial charge in [-0.25, -0.2) is 0 Å². The average molecular weight is 292 g/mol. The highest BCUT2D eigenvalue weighted by molar-refractivity contribution is 5.85. The zero-order valence-corrected chi connectivity index (χ0v) is 11.8. The van der Waals surface area contributed by atoms with Gasteiger partial charge in [-0.1, -0.05) is 42.5 Å². The van der Waals surface area contributed by atoms with Crippen LogP contribution in [0.25, 0.3) is 0 Å².